The maximum Gasteiger partial charge on any atom is 0.313 e. The molecule has 1 aromatic heterocycles. The lowest BCUT2D eigenvalue weighted by Gasteiger charge is -2.04. The summed E-state index contributed by atoms with van der Waals surface area (Å²) in [5.74, 6) is -1.05. The quantitative estimate of drug-likeness (QED) is 0.517. The van der Waals surface area contributed by atoms with Crippen LogP contribution < -0.4 is 0 Å². The first-order valence-electron chi connectivity index (χ1n) is 4.96. The van der Waals surface area contributed by atoms with E-state index in [-0.39, 0.29) is 11.4 Å². The average molecular weight is 264 g/mol. The molecule has 1 heterocycles. The van der Waals surface area contributed by atoms with Gasteiger partial charge in [-0.3, -0.25) is 19.9 Å². The fourth-order valence-corrected chi connectivity index (χ4v) is 2.29. The predicted molar refractivity (Wildman–Crippen MR) is 66.8 cm³/mol. The summed E-state index contributed by atoms with van der Waals surface area (Å²) in [7, 11) is 0. The lowest BCUT2D eigenvalue weighted by Crippen LogP contribution is -1.98. The number of carboxylic acid groups (broad SMARTS) is 1. The molecule has 0 aliphatic heterocycles. The van der Waals surface area contributed by atoms with Gasteiger partial charge in [-0.15, -0.1) is 11.8 Å². The number of thioether (sulfide) groups is 1. The Morgan fingerprint density at radius 1 is 1.44 bits per heavy atom. The highest BCUT2D eigenvalue weighted by atomic mass is 32.2. The number of pyridine rings is 1. The monoisotopic (exact) mass is 264 g/mol. The van der Waals surface area contributed by atoms with Crippen molar-refractivity contribution in [1.29, 1.82) is 0 Å². The van der Waals surface area contributed by atoms with Crippen LogP contribution in [0.4, 0.5) is 5.69 Å². The van der Waals surface area contributed by atoms with Gasteiger partial charge in [0.05, 0.1) is 21.6 Å². The molecule has 0 radical (unpaired) electrons. The molecule has 7 heteroatoms. The summed E-state index contributed by atoms with van der Waals surface area (Å²) in [6.45, 7) is 0. The van der Waals surface area contributed by atoms with Gasteiger partial charge in [-0.25, -0.2) is 0 Å². The summed E-state index contributed by atoms with van der Waals surface area (Å²) < 4.78 is 0. The van der Waals surface area contributed by atoms with E-state index in [0.29, 0.717) is 15.8 Å². The van der Waals surface area contributed by atoms with Gasteiger partial charge in [0.2, 0.25) is 0 Å². The Labute approximate surface area is 106 Å². The molecule has 0 saturated heterocycles. The molecule has 6 nitrogen and oxygen atoms in total. The van der Waals surface area contributed by atoms with Crippen molar-refractivity contribution >= 4 is 34.3 Å². The zero-order chi connectivity index (χ0) is 13.1. The Morgan fingerprint density at radius 3 is 2.89 bits per heavy atom. The van der Waals surface area contributed by atoms with Gasteiger partial charge in [0.25, 0.3) is 5.69 Å². The van der Waals surface area contributed by atoms with Crippen molar-refractivity contribution in [3.63, 3.8) is 0 Å². The van der Waals surface area contributed by atoms with Crippen molar-refractivity contribution in [2.24, 2.45) is 0 Å². The van der Waals surface area contributed by atoms with E-state index in [4.69, 9.17) is 5.11 Å². The third kappa shape index (κ3) is 2.40. The minimum atomic E-state index is -0.942. The number of nitro groups is 1. The number of aromatic nitrogens is 1. The van der Waals surface area contributed by atoms with Gasteiger partial charge in [-0.2, -0.15) is 0 Å². The largest absolute Gasteiger partial charge is 0.481 e. The van der Waals surface area contributed by atoms with E-state index in [1.54, 1.807) is 12.1 Å². The average Bonchev–Trinajstić information content (AvgIpc) is 2.35. The van der Waals surface area contributed by atoms with Crippen molar-refractivity contribution in [1.82, 2.24) is 4.98 Å². The van der Waals surface area contributed by atoms with Crippen LogP contribution in [0.5, 0.6) is 0 Å². The Balaban J connectivity index is 2.53. The van der Waals surface area contributed by atoms with E-state index in [0.717, 1.165) is 11.8 Å². The Hall–Kier alpha value is -2.15. The summed E-state index contributed by atoms with van der Waals surface area (Å²) in [6, 6.07) is 6.11. The van der Waals surface area contributed by atoms with Crippen LogP contribution in [0.2, 0.25) is 0 Å². The maximum atomic E-state index is 10.9. The molecule has 0 amide bonds. The minimum Gasteiger partial charge on any atom is -0.481 e. The predicted octanol–water partition coefficient (Wildman–Crippen LogP) is 2.32. The number of rotatable bonds is 4. The van der Waals surface area contributed by atoms with Gasteiger partial charge >= 0.3 is 5.97 Å². The molecular formula is C11H8N2O4S. The zero-order valence-electron chi connectivity index (χ0n) is 9.07. The van der Waals surface area contributed by atoms with Gasteiger partial charge < -0.3 is 5.11 Å². The third-order valence-corrected chi connectivity index (χ3v) is 3.29. The first-order chi connectivity index (χ1) is 8.59. The lowest BCUT2D eigenvalue weighted by atomic mass is 10.2. The van der Waals surface area contributed by atoms with Crippen molar-refractivity contribution in [2.45, 2.75) is 4.90 Å². The number of carbonyl (C=O) groups is 1. The zero-order valence-corrected chi connectivity index (χ0v) is 9.88. The van der Waals surface area contributed by atoms with Crippen LogP contribution in [0.25, 0.3) is 10.9 Å². The summed E-state index contributed by atoms with van der Waals surface area (Å²) >= 11 is 1.09. The molecule has 2 rings (SSSR count). The number of carboxylic acids is 1. The molecule has 0 aliphatic rings. The molecular weight excluding hydrogens is 256 g/mol. The van der Waals surface area contributed by atoms with Gasteiger partial charge in [0.1, 0.15) is 0 Å². The van der Waals surface area contributed by atoms with E-state index in [9.17, 15) is 14.9 Å². The fourth-order valence-electron chi connectivity index (χ4n) is 1.55. The van der Waals surface area contributed by atoms with Crippen molar-refractivity contribution in [3.05, 3.63) is 40.6 Å². The molecule has 0 saturated carbocycles. The Kier molecular flexibility index (Phi) is 3.42. The summed E-state index contributed by atoms with van der Waals surface area (Å²) in [5, 5.41) is 19.9. The smallest absolute Gasteiger partial charge is 0.313 e. The van der Waals surface area contributed by atoms with E-state index < -0.39 is 10.9 Å². The van der Waals surface area contributed by atoms with Gasteiger partial charge in [-0.1, -0.05) is 0 Å². The van der Waals surface area contributed by atoms with E-state index >= 15 is 0 Å². The van der Waals surface area contributed by atoms with Crippen molar-refractivity contribution in [3.8, 4) is 0 Å². The third-order valence-electron chi connectivity index (χ3n) is 2.26. The van der Waals surface area contributed by atoms with Gasteiger partial charge in [-0.05, 0) is 18.2 Å². The number of hydrogen-bond acceptors (Lipinski definition) is 5. The first-order valence-corrected chi connectivity index (χ1v) is 5.95. The van der Waals surface area contributed by atoms with Crippen LogP contribution in [0, 0.1) is 10.1 Å². The number of hydrogen-bond donors (Lipinski definition) is 1. The van der Waals surface area contributed by atoms with Crippen molar-refractivity contribution in [2.75, 3.05) is 5.75 Å². The molecule has 0 spiro atoms. The van der Waals surface area contributed by atoms with Gasteiger partial charge in [0.15, 0.2) is 0 Å². The van der Waals surface area contributed by atoms with E-state index in [2.05, 4.69) is 4.98 Å². The first kappa shape index (κ1) is 12.3. The number of nitro benzene ring substituents is 1. The van der Waals surface area contributed by atoms with E-state index in [1.165, 1.54) is 18.3 Å². The molecule has 1 N–H and O–H groups in total. The molecule has 0 aliphatic carbocycles. The lowest BCUT2D eigenvalue weighted by molar-refractivity contribution is -0.383. The molecule has 0 fully saturated rings. The molecule has 92 valence electrons. The molecule has 0 unspecified atom stereocenters. The Bertz CT molecular complexity index is 629. The SMILES string of the molecule is O=C(O)CSc1ccc([N+](=O)[O-])c2cccnc12. The molecule has 18 heavy (non-hydrogen) atoms. The van der Waals surface area contributed by atoms with Crippen LogP contribution in [0.1, 0.15) is 0 Å². The van der Waals surface area contributed by atoms with Crippen LogP contribution in [0.3, 0.4) is 0 Å². The summed E-state index contributed by atoms with van der Waals surface area (Å²) in [6.07, 6.45) is 1.52. The highest BCUT2D eigenvalue weighted by Crippen LogP contribution is 2.32. The number of nitrogens with zero attached hydrogens (tertiary/aromatic N) is 2. The molecule has 2 aromatic rings. The van der Waals surface area contributed by atoms with Gasteiger partial charge in [0, 0.05) is 17.2 Å². The van der Waals surface area contributed by atoms with E-state index in [1.807, 2.05) is 0 Å². The minimum absolute atomic E-state index is 0.0298. The second-order valence-electron chi connectivity index (χ2n) is 3.42. The second kappa shape index (κ2) is 5.01. The van der Waals surface area contributed by atoms with Crippen LogP contribution in [-0.2, 0) is 4.79 Å². The van der Waals surface area contributed by atoms with Crippen LogP contribution in [-0.4, -0.2) is 26.7 Å². The second-order valence-corrected chi connectivity index (χ2v) is 4.44. The topological polar surface area (TPSA) is 93.3 Å². The fraction of sp³-hybridized carbons (Fsp3) is 0.0909. The molecule has 0 bridgehead atoms. The molecule has 0 atom stereocenters. The maximum absolute atomic E-state index is 10.9. The number of benzene rings is 1. The van der Waals surface area contributed by atoms with Crippen molar-refractivity contribution < 1.29 is 14.8 Å². The number of fused-ring (bicyclic) bond motifs is 1. The highest BCUT2D eigenvalue weighted by Gasteiger charge is 2.15. The normalized spacial score (nSPS) is 10.4. The van der Waals surface area contributed by atoms with Crippen LogP contribution in [0.15, 0.2) is 35.4 Å². The Morgan fingerprint density at radius 2 is 2.22 bits per heavy atom. The standard InChI is InChI=1S/C11H8N2O4S/c14-10(15)6-18-9-4-3-8(13(16)17)7-2-1-5-12-11(7)9/h1-5H,6H2,(H,14,15). The molecule has 1 aromatic carbocycles. The summed E-state index contributed by atoms with van der Waals surface area (Å²) in [5.41, 5.74) is 0.427. The van der Waals surface area contributed by atoms with Crippen LogP contribution >= 0.6 is 11.8 Å². The number of non-ortho nitro benzene ring substituents is 1. The highest BCUT2D eigenvalue weighted by molar-refractivity contribution is 8.00. The number of aliphatic carboxylic acids is 1. The summed E-state index contributed by atoms with van der Waals surface area (Å²) in [4.78, 5) is 25.6.